The molecule has 0 aliphatic carbocycles. The van der Waals surface area contributed by atoms with Crippen LogP contribution in [-0.2, 0) is 10.0 Å². The number of unbranched alkanes of at least 4 members (excludes halogenated alkanes) is 1. The first-order valence-electron chi connectivity index (χ1n) is 5.76. The summed E-state index contributed by atoms with van der Waals surface area (Å²) >= 11 is 5.50. The van der Waals surface area contributed by atoms with Gasteiger partial charge in [-0.05, 0) is 37.5 Å². The van der Waals surface area contributed by atoms with Gasteiger partial charge in [-0.15, -0.1) is 11.6 Å². The molecule has 0 aliphatic heterocycles. The van der Waals surface area contributed by atoms with Crippen LogP contribution < -0.4 is 4.72 Å². The lowest BCUT2D eigenvalue weighted by Crippen LogP contribution is -2.29. The average molecular weight is 294 g/mol. The first-order chi connectivity index (χ1) is 8.44. The molecule has 18 heavy (non-hydrogen) atoms. The fourth-order valence-corrected chi connectivity index (χ4v) is 3.10. The maximum Gasteiger partial charge on any atom is 0.212 e. The molecule has 1 aromatic rings. The van der Waals surface area contributed by atoms with Crippen LogP contribution in [0.25, 0.3) is 0 Å². The lowest BCUT2D eigenvalue weighted by Gasteiger charge is -2.14. The molecule has 0 radical (unpaired) electrons. The largest absolute Gasteiger partial charge is 0.212 e. The fourth-order valence-electron chi connectivity index (χ4n) is 1.53. The zero-order chi connectivity index (χ0) is 13.6. The van der Waals surface area contributed by atoms with Crippen molar-refractivity contribution in [1.29, 1.82) is 0 Å². The number of hydrogen-bond acceptors (Lipinski definition) is 2. The van der Waals surface area contributed by atoms with E-state index in [1.807, 2.05) is 0 Å². The predicted molar refractivity (Wildman–Crippen MR) is 71.7 cm³/mol. The Bertz CT molecular complexity index is 461. The molecular formula is C12H17ClFNO2S. The van der Waals surface area contributed by atoms with E-state index < -0.39 is 10.0 Å². The Labute approximate surface area is 112 Å². The minimum atomic E-state index is -3.31. The average Bonchev–Trinajstić information content (AvgIpc) is 2.29. The van der Waals surface area contributed by atoms with Crippen LogP contribution in [0.15, 0.2) is 24.3 Å². The van der Waals surface area contributed by atoms with E-state index >= 15 is 0 Å². The molecule has 0 heterocycles. The third-order valence-electron chi connectivity index (χ3n) is 2.52. The zero-order valence-corrected chi connectivity index (χ0v) is 11.8. The van der Waals surface area contributed by atoms with E-state index in [0.717, 1.165) is 5.56 Å². The minimum Gasteiger partial charge on any atom is -0.212 e. The second-order valence-corrected chi connectivity index (χ2v) is 6.36. The zero-order valence-electron chi connectivity index (χ0n) is 10.2. The molecule has 0 amide bonds. The van der Waals surface area contributed by atoms with Gasteiger partial charge in [0.15, 0.2) is 0 Å². The summed E-state index contributed by atoms with van der Waals surface area (Å²) in [5.74, 6) is 0.185. The Morgan fingerprint density at radius 2 is 1.89 bits per heavy atom. The van der Waals surface area contributed by atoms with Crippen LogP contribution >= 0.6 is 11.6 Å². The minimum absolute atomic E-state index is 0.0608. The highest BCUT2D eigenvalue weighted by molar-refractivity contribution is 7.89. The Morgan fingerprint density at radius 3 is 2.44 bits per heavy atom. The smallest absolute Gasteiger partial charge is 0.212 e. The van der Waals surface area contributed by atoms with E-state index in [2.05, 4.69) is 4.72 Å². The van der Waals surface area contributed by atoms with E-state index in [0.29, 0.717) is 18.7 Å². The second-order valence-electron chi connectivity index (χ2n) is 4.11. The quantitative estimate of drug-likeness (QED) is 0.621. The van der Waals surface area contributed by atoms with Crippen molar-refractivity contribution in [3.05, 3.63) is 35.6 Å². The van der Waals surface area contributed by atoms with Crippen molar-refractivity contribution in [2.75, 3.05) is 11.6 Å². The third kappa shape index (κ3) is 5.33. The van der Waals surface area contributed by atoms with Crippen LogP contribution in [0.5, 0.6) is 0 Å². The summed E-state index contributed by atoms with van der Waals surface area (Å²) in [4.78, 5) is 0. The van der Waals surface area contributed by atoms with Gasteiger partial charge in [0, 0.05) is 11.9 Å². The molecule has 3 nitrogen and oxygen atoms in total. The Balaban J connectivity index is 2.58. The highest BCUT2D eigenvalue weighted by Gasteiger charge is 2.15. The van der Waals surface area contributed by atoms with Gasteiger partial charge in [-0.3, -0.25) is 0 Å². The van der Waals surface area contributed by atoms with Crippen LogP contribution in [0.1, 0.15) is 31.4 Å². The van der Waals surface area contributed by atoms with Crippen LogP contribution in [0.2, 0.25) is 0 Å². The lowest BCUT2D eigenvalue weighted by molar-refractivity contribution is 0.563. The summed E-state index contributed by atoms with van der Waals surface area (Å²) in [6, 6.07) is 5.40. The van der Waals surface area contributed by atoms with Gasteiger partial charge in [-0.25, -0.2) is 17.5 Å². The maximum atomic E-state index is 12.7. The van der Waals surface area contributed by atoms with Crippen LogP contribution in [-0.4, -0.2) is 20.1 Å². The van der Waals surface area contributed by atoms with Crippen molar-refractivity contribution >= 4 is 21.6 Å². The molecule has 1 aromatic carbocycles. The molecule has 102 valence electrons. The normalized spacial score (nSPS) is 13.5. The standard InChI is InChI=1S/C12H17ClFNO2S/c1-10(11-4-6-12(14)7-5-11)15-18(16,17)9-3-2-8-13/h4-7,10,15H,2-3,8-9H2,1H3/t10-/m0/s1. The molecule has 0 bridgehead atoms. The molecule has 0 fully saturated rings. The van der Waals surface area contributed by atoms with Gasteiger partial charge >= 0.3 is 0 Å². The maximum absolute atomic E-state index is 12.7. The van der Waals surface area contributed by atoms with Gasteiger partial charge < -0.3 is 0 Å². The van der Waals surface area contributed by atoms with E-state index in [1.165, 1.54) is 12.1 Å². The van der Waals surface area contributed by atoms with E-state index in [4.69, 9.17) is 11.6 Å². The highest BCUT2D eigenvalue weighted by atomic mass is 35.5. The first kappa shape index (κ1) is 15.4. The topological polar surface area (TPSA) is 46.2 Å². The van der Waals surface area contributed by atoms with Crippen LogP contribution in [0.3, 0.4) is 0 Å². The molecule has 1 rings (SSSR count). The Hall–Kier alpha value is -0.650. The lowest BCUT2D eigenvalue weighted by atomic mass is 10.1. The van der Waals surface area contributed by atoms with Gasteiger partial charge in [0.05, 0.1) is 5.75 Å². The number of hydrogen-bond donors (Lipinski definition) is 1. The Kier molecular flexibility index (Phi) is 6.05. The van der Waals surface area contributed by atoms with Gasteiger partial charge in [-0.2, -0.15) is 0 Å². The predicted octanol–water partition coefficient (Wildman–Crippen LogP) is 2.83. The van der Waals surface area contributed by atoms with Crippen molar-refractivity contribution in [2.45, 2.75) is 25.8 Å². The summed E-state index contributed by atoms with van der Waals surface area (Å²) in [7, 11) is -3.31. The SMILES string of the molecule is C[C@H](NS(=O)(=O)CCCCCl)c1ccc(F)cc1. The monoisotopic (exact) mass is 293 g/mol. The van der Waals surface area contributed by atoms with Gasteiger partial charge in [0.1, 0.15) is 5.82 Å². The molecular weight excluding hydrogens is 277 g/mol. The number of rotatable bonds is 7. The molecule has 0 aliphatic rings. The first-order valence-corrected chi connectivity index (χ1v) is 7.95. The molecule has 6 heteroatoms. The molecule has 0 aromatic heterocycles. The van der Waals surface area contributed by atoms with Crippen molar-refractivity contribution in [2.24, 2.45) is 0 Å². The molecule has 0 spiro atoms. The molecule has 0 saturated carbocycles. The number of nitrogens with one attached hydrogen (secondary N) is 1. The number of alkyl halides is 1. The molecule has 0 saturated heterocycles. The summed E-state index contributed by atoms with van der Waals surface area (Å²) in [5, 5.41) is 0. The highest BCUT2D eigenvalue weighted by Crippen LogP contribution is 2.14. The van der Waals surface area contributed by atoms with E-state index in [-0.39, 0.29) is 17.6 Å². The second kappa shape index (κ2) is 7.07. The summed E-state index contributed by atoms with van der Waals surface area (Å²) in [6.45, 7) is 1.73. The van der Waals surface area contributed by atoms with Gasteiger partial charge in [0.2, 0.25) is 10.0 Å². The number of sulfonamides is 1. The Morgan fingerprint density at radius 1 is 1.28 bits per heavy atom. The van der Waals surface area contributed by atoms with Crippen molar-refractivity contribution in [3.8, 4) is 0 Å². The molecule has 1 atom stereocenters. The third-order valence-corrected chi connectivity index (χ3v) is 4.33. The van der Waals surface area contributed by atoms with Crippen molar-refractivity contribution < 1.29 is 12.8 Å². The number of benzene rings is 1. The summed E-state index contributed by atoms with van der Waals surface area (Å²) < 4.78 is 38.8. The van der Waals surface area contributed by atoms with Gasteiger partial charge in [0.25, 0.3) is 0 Å². The van der Waals surface area contributed by atoms with Crippen molar-refractivity contribution in [3.63, 3.8) is 0 Å². The van der Waals surface area contributed by atoms with Crippen LogP contribution in [0.4, 0.5) is 4.39 Å². The number of halogens is 2. The van der Waals surface area contributed by atoms with Crippen LogP contribution in [0, 0.1) is 5.82 Å². The molecule has 0 unspecified atom stereocenters. The molecule has 1 N–H and O–H groups in total. The fraction of sp³-hybridized carbons (Fsp3) is 0.500. The van der Waals surface area contributed by atoms with Crippen molar-refractivity contribution in [1.82, 2.24) is 4.72 Å². The van der Waals surface area contributed by atoms with E-state index in [1.54, 1.807) is 19.1 Å². The van der Waals surface area contributed by atoms with E-state index in [9.17, 15) is 12.8 Å². The van der Waals surface area contributed by atoms with Gasteiger partial charge in [-0.1, -0.05) is 12.1 Å². The summed E-state index contributed by atoms with van der Waals surface area (Å²) in [5.41, 5.74) is 0.734. The summed E-state index contributed by atoms with van der Waals surface area (Å²) in [6.07, 6.45) is 1.21.